The first-order chi connectivity index (χ1) is 15.3. The highest BCUT2D eigenvalue weighted by molar-refractivity contribution is 7.98. The normalized spacial score (nSPS) is 13.8. The number of likely N-dealkylation sites (tertiary alicyclic amines) is 1. The van der Waals surface area contributed by atoms with E-state index in [-0.39, 0.29) is 5.91 Å². The molecule has 0 radical (unpaired) electrons. The SMILES string of the molecule is O=C1CCCN1Cc1nnc(SCc2coc(-c3ccccc3)n2)n1-c1ccccn1. The summed E-state index contributed by atoms with van der Waals surface area (Å²) in [6.07, 6.45) is 4.88. The van der Waals surface area contributed by atoms with Gasteiger partial charge >= 0.3 is 0 Å². The minimum atomic E-state index is 0.154. The standard InChI is InChI=1S/C22H20N6O2S/c29-20-10-6-12-27(20)13-19-25-26-22(28(19)18-9-4-5-11-23-18)31-15-17-14-30-21(24-17)16-7-2-1-3-8-16/h1-5,7-9,11,14H,6,10,12-13,15H2. The Morgan fingerprint density at radius 2 is 1.94 bits per heavy atom. The number of hydrogen-bond donors (Lipinski definition) is 0. The minimum Gasteiger partial charge on any atom is -0.444 e. The van der Waals surface area contributed by atoms with Gasteiger partial charge < -0.3 is 9.32 Å². The third kappa shape index (κ3) is 4.22. The van der Waals surface area contributed by atoms with Crippen molar-refractivity contribution < 1.29 is 9.21 Å². The van der Waals surface area contributed by atoms with Crippen molar-refractivity contribution in [2.45, 2.75) is 30.3 Å². The number of nitrogens with zero attached hydrogens (tertiary/aromatic N) is 6. The summed E-state index contributed by atoms with van der Waals surface area (Å²) in [5.74, 6) is 2.74. The van der Waals surface area contributed by atoms with E-state index in [1.54, 1.807) is 12.5 Å². The van der Waals surface area contributed by atoms with Crippen molar-refractivity contribution in [2.24, 2.45) is 0 Å². The third-order valence-corrected chi connectivity index (χ3v) is 5.97. The van der Waals surface area contributed by atoms with Crippen LogP contribution < -0.4 is 0 Å². The zero-order valence-electron chi connectivity index (χ0n) is 16.7. The molecule has 1 aliphatic heterocycles. The Labute approximate surface area is 183 Å². The van der Waals surface area contributed by atoms with Crippen LogP contribution >= 0.6 is 11.8 Å². The Morgan fingerprint density at radius 1 is 1.06 bits per heavy atom. The second kappa shape index (κ2) is 8.73. The summed E-state index contributed by atoms with van der Waals surface area (Å²) >= 11 is 1.51. The van der Waals surface area contributed by atoms with Gasteiger partial charge in [-0.25, -0.2) is 9.97 Å². The van der Waals surface area contributed by atoms with Gasteiger partial charge in [0, 0.05) is 30.5 Å². The summed E-state index contributed by atoms with van der Waals surface area (Å²) in [6.45, 7) is 1.17. The lowest BCUT2D eigenvalue weighted by atomic mass is 10.2. The molecule has 9 heteroatoms. The summed E-state index contributed by atoms with van der Waals surface area (Å²) in [7, 11) is 0. The fourth-order valence-electron chi connectivity index (χ4n) is 3.48. The number of pyridine rings is 1. The van der Waals surface area contributed by atoms with Crippen LogP contribution in [0.2, 0.25) is 0 Å². The lowest BCUT2D eigenvalue weighted by Crippen LogP contribution is -2.25. The Bertz CT molecular complexity index is 1180. The number of amides is 1. The zero-order chi connectivity index (χ0) is 21.0. The van der Waals surface area contributed by atoms with Crippen molar-refractivity contribution in [3.63, 3.8) is 0 Å². The van der Waals surface area contributed by atoms with Crippen LogP contribution in [0.4, 0.5) is 0 Å². The highest BCUT2D eigenvalue weighted by Crippen LogP contribution is 2.27. The van der Waals surface area contributed by atoms with E-state index in [0.717, 1.165) is 30.0 Å². The fraction of sp³-hybridized carbons (Fsp3) is 0.227. The lowest BCUT2D eigenvalue weighted by molar-refractivity contribution is -0.128. The number of carbonyl (C=O) groups excluding carboxylic acids is 1. The maximum absolute atomic E-state index is 12.1. The number of benzene rings is 1. The van der Waals surface area contributed by atoms with Gasteiger partial charge in [-0.1, -0.05) is 36.0 Å². The quantitative estimate of drug-likeness (QED) is 0.411. The number of oxazole rings is 1. The molecule has 0 atom stereocenters. The van der Waals surface area contributed by atoms with Crippen LogP contribution in [0.5, 0.6) is 0 Å². The van der Waals surface area contributed by atoms with Crippen LogP contribution in [0.15, 0.2) is 70.6 Å². The molecule has 0 saturated carbocycles. The molecular formula is C22H20N6O2S. The first-order valence-corrected chi connectivity index (χ1v) is 11.0. The summed E-state index contributed by atoms with van der Waals surface area (Å²) < 4.78 is 7.55. The molecule has 3 aromatic heterocycles. The number of hydrogen-bond acceptors (Lipinski definition) is 7. The highest BCUT2D eigenvalue weighted by atomic mass is 32.2. The first kappa shape index (κ1) is 19.5. The number of rotatable bonds is 7. The van der Waals surface area contributed by atoms with E-state index in [0.29, 0.717) is 35.6 Å². The van der Waals surface area contributed by atoms with E-state index in [9.17, 15) is 4.79 Å². The molecule has 1 saturated heterocycles. The van der Waals surface area contributed by atoms with Gasteiger partial charge in [-0.05, 0) is 30.7 Å². The van der Waals surface area contributed by atoms with Gasteiger partial charge in [0.05, 0.1) is 12.2 Å². The maximum Gasteiger partial charge on any atom is 0.226 e. The smallest absolute Gasteiger partial charge is 0.226 e. The van der Waals surface area contributed by atoms with E-state index in [1.807, 2.05) is 58.0 Å². The van der Waals surface area contributed by atoms with Crippen LogP contribution in [0, 0.1) is 0 Å². The van der Waals surface area contributed by atoms with Crippen molar-refractivity contribution in [1.29, 1.82) is 0 Å². The Morgan fingerprint density at radius 3 is 2.71 bits per heavy atom. The molecule has 0 unspecified atom stereocenters. The fourth-order valence-corrected chi connectivity index (χ4v) is 4.32. The molecule has 1 fully saturated rings. The van der Waals surface area contributed by atoms with Crippen LogP contribution in [0.1, 0.15) is 24.4 Å². The molecule has 1 aromatic carbocycles. The number of thioether (sulfide) groups is 1. The molecule has 156 valence electrons. The van der Waals surface area contributed by atoms with E-state index in [1.165, 1.54) is 11.8 Å². The largest absolute Gasteiger partial charge is 0.444 e. The van der Waals surface area contributed by atoms with Gasteiger partial charge in [0.2, 0.25) is 11.8 Å². The summed E-state index contributed by atoms with van der Waals surface area (Å²) in [5.41, 5.74) is 1.75. The van der Waals surface area contributed by atoms with Crippen LogP contribution in [-0.4, -0.2) is 42.1 Å². The highest BCUT2D eigenvalue weighted by Gasteiger charge is 2.24. The second-order valence-electron chi connectivity index (χ2n) is 7.14. The topological polar surface area (TPSA) is 89.9 Å². The molecule has 4 aromatic rings. The van der Waals surface area contributed by atoms with Crippen LogP contribution in [0.25, 0.3) is 17.3 Å². The second-order valence-corrected chi connectivity index (χ2v) is 8.08. The molecule has 0 spiro atoms. The van der Waals surface area contributed by atoms with Gasteiger partial charge in [0.1, 0.15) is 12.1 Å². The van der Waals surface area contributed by atoms with E-state index < -0.39 is 0 Å². The number of aromatic nitrogens is 5. The predicted molar refractivity (Wildman–Crippen MR) is 115 cm³/mol. The predicted octanol–water partition coefficient (Wildman–Crippen LogP) is 3.73. The molecular weight excluding hydrogens is 412 g/mol. The molecule has 5 rings (SSSR count). The van der Waals surface area contributed by atoms with Gasteiger partial charge in [-0.15, -0.1) is 10.2 Å². The average molecular weight is 433 g/mol. The molecule has 4 heterocycles. The van der Waals surface area contributed by atoms with Crippen molar-refractivity contribution in [2.75, 3.05) is 6.54 Å². The summed E-state index contributed by atoms with van der Waals surface area (Å²) in [6, 6.07) is 15.5. The minimum absolute atomic E-state index is 0.154. The molecule has 31 heavy (non-hydrogen) atoms. The molecule has 1 aliphatic rings. The molecule has 0 bridgehead atoms. The Kier molecular flexibility index (Phi) is 5.49. The van der Waals surface area contributed by atoms with Gasteiger partial charge in [-0.3, -0.25) is 9.36 Å². The van der Waals surface area contributed by atoms with Crippen molar-refractivity contribution >= 4 is 17.7 Å². The molecule has 1 amide bonds. The van der Waals surface area contributed by atoms with Crippen LogP contribution in [-0.2, 0) is 17.1 Å². The Hall–Kier alpha value is -3.46. The zero-order valence-corrected chi connectivity index (χ0v) is 17.5. The van der Waals surface area contributed by atoms with E-state index >= 15 is 0 Å². The summed E-state index contributed by atoms with van der Waals surface area (Å²) in [4.78, 5) is 23.0. The molecule has 8 nitrogen and oxygen atoms in total. The first-order valence-electron chi connectivity index (χ1n) is 10.0. The van der Waals surface area contributed by atoms with Gasteiger partial charge in [0.15, 0.2) is 11.0 Å². The monoisotopic (exact) mass is 432 g/mol. The van der Waals surface area contributed by atoms with E-state index in [4.69, 9.17) is 4.42 Å². The van der Waals surface area contributed by atoms with Crippen molar-refractivity contribution in [1.82, 2.24) is 29.6 Å². The van der Waals surface area contributed by atoms with Crippen LogP contribution in [0.3, 0.4) is 0 Å². The molecule has 0 aliphatic carbocycles. The van der Waals surface area contributed by atoms with Gasteiger partial charge in [0.25, 0.3) is 0 Å². The maximum atomic E-state index is 12.1. The van der Waals surface area contributed by atoms with E-state index in [2.05, 4.69) is 20.2 Å². The summed E-state index contributed by atoms with van der Waals surface area (Å²) in [5, 5.41) is 9.45. The average Bonchev–Trinajstić information content (AvgIpc) is 3.54. The Balaban J connectivity index is 1.38. The lowest BCUT2D eigenvalue weighted by Gasteiger charge is -2.16. The van der Waals surface area contributed by atoms with Crippen molar-refractivity contribution in [3.05, 3.63) is 72.5 Å². The molecule has 0 N–H and O–H groups in total. The number of carbonyl (C=O) groups is 1. The van der Waals surface area contributed by atoms with Crippen molar-refractivity contribution in [3.8, 4) is 17.3 Å². The third-order valence-electron chi connectivity index (χ3n) is 5.00. The van der Waals surface area contributed by atoms with Gasteiger partial charge in [-0.2, -0.15) is 0 Å².